The molecule has 1 unspecified atom stereocenters. The van der Waals surface area contributed by atoms with Crippen LogP contribution in [-0.2, 0) is 24.4 Å². The zero-order valence-corrected chi connectivity index (χ0v) is 16.5. The van der Waals surface area contributed by atoms with Crippen molar-refractivity contribution in [1.29, 1.82) is 0 Å². The molecule has 3 heterocycles. The third-order valence-electron chi connectivity index (χ3n) is 5.03. The Morgan fingerprint density at radius 1 is 1.34 bits per heavy atom. The average molecular weight is 394 g/mol. The molecule has 8 heteroatoms. The van der Waals surface area contributed by atoms with Crippen LogP contribution in [0.2, 0.25) is 0 Å². The lowest BCUT2D eigenvalue weighted by atomic mass is 10.1. The fourth-order valence-electron chi connectivity index (χ4n) is 3.49. The number of carbonyl (C=O) groups is 1. The number of ether oxygens (including phenoxy) is 1. The van der Waals surface area contributed by atoms with E-state index in [1.54, 1.807) is 12.4 Å². The van der Waals surface area contributed by atoms with Gasteiger partial charge < -0.3 is 19.9 Å². The second-order valence-corrected chi connectivity index (χ2v) is 7.32. The van der Waals surface area contributed by atoms with Gasteiger partial charge in [-0.05, 0) is 30.9 Å². The number of hydrogen-bond donors (Lipinski definition) is 2. The number of rotatable bonds is 7. The summed E-state index contributed by atoms with van der Waals surface area (Å²) in [5, 5.41) is 10.0. The van der Waals surface area contributed by atoms with Gasteiger partial charge in [-0.3, -0.25) is 4.68 Å². The number of nitrogens with one attached hydrogen (secondary N) is 2. The molecule has 0 aliphatic carbocycles. The molecule has 1 saturated heterocycles. The fourth-order valence-corrected chi connectivity index (χ4v) is 3.49. The second-order valence-electron chi connectivity index (χ2n) is 7.32. The molecule has 0 radical (unpaired) electrons. The average Bonchev–Trinajstić information content (AvgIpc) is 3.46. The quantitative estimate of drug-likeness (QED) is 0.645. The number of imidazole rings is 1. The van der Waals surface area contributed by atoms with Gasteiger partial charge in [0.1, 0.15) is 5.82 Å². The van der Waals surface area contributed by atoms with Crippen LogP contribution in [0.5, 0.6) is 0 Å². The highest BCUT2D eigenvalue weighted by molar-refractivity contribution is 5.88. The Kier molecular flexibility index (Phi) is 5.90. The third kappa shape index (κ3) is 5.23. The zero-order chi connectivity index (χ0) is 20.1. The first-order valence-corrected chi connectivity index (χ1v) is 9.90. The lowest BCUT2D eigenvalue weighted by Crippen LogP contribution is -2.28. The minimum absolute atomic E-state index is 0.218. The Morgan fingerprint density at radius 3 is 3.03 bits per heavy atom. The van der Waals surface area contributed by atoms with Crippen molar-refractivity contribution < 1.29 is 9.53 Å². The van der Waals surface area contributed by atoms with Gasteiger partial charge in [0.15, 0.2) is 0 Å². The first kappa shape index (κ1) is 19.2. The van der Waals surface area contributed by atoms with Crippen LogP contribution in [0.4, 0.5) is 10.5 Å². The normalized spacial score (nSPS) is 16.1. The van der Waals surface area contributed by atoms with Crippen molar-refractivity contribution in [2.75, 3.05) is 11.9 Å². The highest BCUT2D eigenvalue weighted by Crippen LogP contribution is 2.15. The van der Waals surface area contributed by atoms with E-state index in [9.17, 15) is 4.79 Å². The third-order valence-corrected chi connectivity index (χ3v) is 5.03. The van der Waals surface area contributed by atoms with Crippen LogP contribution in [0.3, 0.4) is 0 Å². The zero-order valence-electron chi connectivity index (χ0n) is 16.5. The lowest BCUT2D eigenvalue weighted by molar-refractivity contribution is 0.0940. The molecule has 0 saturated carbocycles. The number of aryl methyl sites for hydroxylation is 1. The maximum absolute atomic E-state index is 12.2. The number of aromatic nitrogens is 4. The van der Waals surface area contributed by atoms with Gasteiger partial charge in [-0.25, -0.2) is 9.78 Å². The number of nitrogens with zero attached hydrogens (tertiary/aromatic N) is 4. The Bertz CT molecular complexity index is 957. The van der Waals surface area contributed by atoms with Crippen molar-refractivity contribution in [3.8, 4) is 0 Å². The fraction of sp³-hybridized carbons (Fsp3) is 0.381. The molecule has 1 aliphatic heterocycles. The summed E-state index contributed by atoms with van der Waals surface area (Å²) in [7, 11) is 0. The molecule has 152 valence electrons. The van der Waals surface area contributed by atoms with Crippen LogP contribution in [0, 0.1) is 6.92 Å². The summed E-state index contributed by atoms with van der Waals surface area (Å²) < 4.78 is 9.52. The van der Waals surface area contributed by atoms with Gasteiger partial charge in [0.25, 0.3) is 0 Å². The molecule has 1 atom stereocenters. The maximum atomic E-state index is 12.2. The predicted octanol–water partition coefficient (Wildman–Crippen LogP) is 2.94. The number of benzene rings is 1. The maximum Gasteiger partial charge on any atom is 0.319 e. The summed E-state index contributed by atoms with van der Waals surface area (Å²) in [6, 6.07) is 7.93. The summed E-state index contributed by atoms with van der Waals surface area (Å²) in [4.78, 5) is 16.5. The second kappa shape index (κ2) is 8.91. The van der Waals surface area contributed by atoms with E-state index in [4.69, 9.17) is 4.74 Å². The van der Waals surface area contributed by atoms with Gasteiger partial charge in [-0.1, -0.05) is 24.3 Å². The van der Waals surface area contributed by atoms with Crippen LogP contribution < -0.4 is 10.6 Å². The van der Waals surface area contributed by atoms with Crippen LogP contribution in [-0.4, -0.2) is 38.1 Å². The minimum atomic E-state index is -0.252. The number of carbonyl (C=O) groups excluding carboxylic acids is 1. The number of hydrogen-bond acceptors (Lipinski definition) is 4. The molecule has 0 spiro atoms. The monoisotopic (exact) mass is 394 g/mol. The molecular formula is C21H26N6O2. The van der Waals surface area contributed by atoms with E-state index < -0.39 is 0 Å². The van der Waals surface area contributed by atoms with Crippen molar-refractivity contribution in [3.63, 3.8) is 0 Å². The molecule has 1 aliphatic rings. The van der Waals surface area contributed by atoms with Crippen LogP contribution in [0.15, 0.2) is 49.1 Å². The van der Waals surface area contributed by atoms with Crippen molar-refractivity contribution >= 4 is 11.7 Å². The lowest BCUT2D eigenvalue weighted by Gasteiger charge is -2.10. The highest BCUT2D eigenvalue weighted by Gasteiger charge is 2.16. The largest absolute Gasteiger partial charge is 0.376 e. The molecule has 1 aromatic carbocycles. The Balaban J connectivity index is 1.27. The summed E-state index contributed by atoms with van der Waals surface area (Å²) in [5.41, 5.74) is 2.88. The van der Waals surface area contributed by atoms with Crippen molar-refractivity contribution in [1.82, 2.24) is 24.6 Å². The van der Waals surface area contributed by atoms with Crippen molar-refractivity contribution in [2.24, 2.45) is 0 Å². The minimum Gasteiger partial charge on any atom is -0.376 e. The Hall–Kier alpha value is -3.13. The van der Waals surface area contributed by atoms with Crippen molar-refractivity contribution in [2.45, 2.75) is 45.5 Å². The van der Waals surface area contributed by atoms with E-state index in [2.05, 4.69) is 37.4 Å². The SMILES string of the molecule is Cc1nccn1Cc1cccc(CNC(=O)Nc2cnn(CC3CCCO3)c2)c1. The molecule has 3 aromatic rings. The molecule has 8 nitrogen and oxygen atoms in total. The Labute approximate surface area is 169 Å². The summed E-state index contributed by atoms with van der Waals surface area (Å²) >= 11 is 0. The van der Waals surface area contributed by atoms with Gasteiger partial charge in [0.2, 0.25) is 0 Å². The number of urea groups is 1. The molecule has 2 amide bonds. The highest BCUT2D eigenvalue weighted by atomic mass is 16.5. The molecule has 2 N–H and O–H groups in total. The summed E-state index contributed by atoms with van der Waals surface area (Å²) in [6.45, 7) is 4.73. The van der Waals surface area contributed by atoms with Gasteiger partial charge >= 0.3 is 6.03 Å². The van der Waals surface area contributed by atoms with Crippen LogP contribution in [0.25, 0.3) is 0 Å². The van der Waals surface area contributed by atoms with E-state index in [0.717, 1.165) is 37.4 Å². The van der Waals surface area contributed by atoms with E-state index in [0.29, 0.717) is 18.8 Å². The van der Waals surface area contributed by atoms with Crippen molar-refractivity contribution in [3.05, 3.63) is 66.0 Å². The molecule has 4 rings (SSSR count). The van der Waals surface area contributed by atoms with Crippen LogP contribution in [0.1, 0.15) is 29.8 Å². The summed E-state index contributed by atoms with van der Waals surface area (Å²) in [5.74, 6) is 0.980. The van der Waals surface area contributed by atoms with E-state index >= 15 is 0 Å². The topological polar surface area (TPSA) is 86.0 Å². The van der Waals surface area contributed by atoms with E-state index in [1.165, 1.54) is 5.56 Å². The number of amides is 2. The Morgan fingerprint density at radius 2 is 2.24 bits per heavy atom. The molecule has 2 aromatic heterocycles. The standard InChI is InChI=1S/C21H26N6O2/c1-16-22-7-8-26(16)13-18-5-2-4-17(10-18)11-23-21(28)25-19-12-24-27(14-19)15-20-6-3-9-29-20/h2,4-5,7-8,10,12,14,20H,3,6,9,11,13,15H2,1H3,(H2,23,25,28). The molecule has 29 heavy (non-hydrogen) atoms. The van der Waals surface area contributed by atoms with Gasteiger partial charge in [-0.2, -0.15) is 5.10 Å². The first-order chi connectivity index (χ1) is 14.2. The molecule has 0 bridgehead atoms. The van der Waals surface area contributed by atoms with E-state index in [-0.39, 0.29) is 12.1 Å². The van der Waals surface area contributed by atoms with Gasteiger partial charge in [0, 0.05) is 38.3 Å². The van der Waals surface area contributed by atoms with Gasteiger partial charge in [0.05, 0.1) is 24.5 Å². The van der Waals surface area contributed by atoms with E-state index in [1.807, 2.05) is 36.1 Å². The van der Waals surface area contributed by atoms with Crippen LogP contribution >= 0.6 is 0 Å². The molecule has 1 fully saturated rings. The molecular weight excluding hydrogens is 368 g/mol. The van der Waals surface area contributed by atoms with Gasteiger partial charge in [-0.15, -0.1) is 0 Å². The first-order valence-electron chi connectivity index (χ1n) is 9.90. The number of anilines is 1. The summed E-state index contributed by atoms with van der Waals surface area (Å²) in [6.07, 6.45) is 9.62. The predicted molar refractivity (Wildman–Crippen MR) is 110 cm³/mol. The smallest absolute Gasteiger partial charge is 0.319 e.